The van der Waals surface area contributed by atoms with Crippen LogP contribution in [0.1, 0.15) is 22.5 Å². The van der Waals surface area contributed by atoms with E-state index in [0.717, 1.165) is 5.56 Å². The lowest BCUT2D eigenvalue weighted by Crippen LogP contribution is -2.18. The monoisotopic (exact) mass is 286 g/mol. The van der Waals surface area contributed by atoms with E-state index in [0.29, 0.717) is 12.1 Å². The van der Waals surface area contributed by atoms with Gasteiger partial charge >= 0.3 is 5.97 Å². The summed E-state index contributed by atoms with van der Waals surface area (Å²) in [6, 6.07) is 11.3. The number of nitrogens with one attached hydrogen (secondary N) is 2. The van der Waals surface area contributed by atoms with Gasteiger partial charge in [-0.3, -0.25) is 14.4 Å². The van der Waals surface area contributed by atoms with E-state index in [1.54, 1.807) is 24.3 Å². The number of anilines is 1. The summed E-state index contributed by atoms with van der Waals surface area (Å²) >= 11 is 0. The maximum Gasteiger partial charge on any atom is 0.303 e. The Morgan fingerprint density at radius 3 is 2.57 bits per heavy atom. The molecule has 0 bridgehead atoms. The van der Waals surface area contributed by atoms with E-state index in [4.69, 9.17) is 5.11 Å². The number of hydrogen-bond donors (Lipinski definition) is 3. The Morgan fingerprint density at radius 2 is 1.86 bits per heavy atom. The van der Waals surface area contributed by atoms with Crippen molar-refractivity contribution < 1.29 is 14.7 Å². The highest BCUT2D eigenvalue weighted by molar-refractivity contribution is 6.03. The van der Waals surface area contributed by atoms with E-state index in [9.17, 15) is 14.4 Å². The number of H-pyrrole nitrogens is 1. The van der Waals surface area contributed by atoms with Crippen molar-refractivity contribution in [1.82, 2.24) is 4.98 Å². The topological polar surface area (TPSA) is 99.3 Å². The molecule has 1 amide bonds. The van der Waals surface area contributed by atoms with Crippen LogP contribution in [0.2, 0.25) is 0 Å². The molecule has 108 valence electrons. The molecule has 0 radical (unpaired) electrons. The minimum absolute atomic E-state index is 0.0188. The lowest BCUT2D eigenvalue weighted by atomic mass is 10.1. The molecule has 0 saturated heterocycles. The molecule has 0 fully saturated rings. The first-order valence-electron chi connectivity index (χ1n) is 6.36. The van der Waals surface area contributed by atoms with Crippen molar-refractivity contribution in [2.75, 3.05) is 5.32 Å². The van der Waals surface area contributed by atoms with Crippen LogP contribution in [-0.4, -0.2) is 22.0 Å². The number of aromatic amines is 1. The maximum atomic E-state index is 12.1. The molecule has 0 aliphatic heterocycles. The zero-order chi connectivity index (χ0) is 15.2. The van der Waals surface area contributed by atoms with Crippen molar-refractivity contribution >= 4 is 17.6 Å². The van der Waals surface area contributed by atoms with Gasteiger partial charge in [-0.05, 0) is 24.1 Å². The molecule has 21 heavy (non-hydrogen) atoms. The number of para-hydroxylation sites is 1. The number of pyridine rings is 1. The molecular weight excluding hydrogens is 272 g/mol. The summed E-state index contributed by atoms with van der Waals surface area (Å²) in [5.74, 6) is -1.35. The molecule has 0 unspecified atom stereocenters. The third-order valence-electron chi connectivity index (χ3n) is 2.89. The van der Waals surface area contributed by atoms with Crippen molar-refractivity contribution in [2.45, 2.75) is 12.8 Å². The summed E-state index contributed by atoms with van der Waals surface area (Å²) in [4.78, 5) is 36.3. The smallest absolute Gasteiger partial charge is 0.303 e. The predicted octanol–water partition coefficient (Wildman–Crippen LogP) is 1.64. The molecule has 0 atom stereocenters. The Labute approximate surface area is 120 Å². The number of hydrogen-bond acceptors (Lipinski definition) is 3. The number of carboxylic acids is 1. The second-order valence-electron chi connectivity index (χ2n) is 4.43. The zero-order valence-corrected chi connectivity index (χ0v) is 11.1. The number of aliphatic carboxylic acids is 1. The van der Waals surface area contributed by atoms with E-state index in [2.05, 4.69) is 10.3 Å². The largest absolute Gasteiger partial charge is 0.481 e. The molecule has 1 aromatic carbocycles. The summed E-state index contributed by atoms with van der Waals surface area (Å²) in [6.07, 6.45) is 0.298. The van der Waals surface area contributed by atoms with E-state index in [-0.39, 0.29) is 17.7 Å². The van der Waals surface area contributed by atoms with Crippen LogP contribution >= 0.6 is 0 Å². The van der Waals surface area contributed by atoms with E-state index in [1.165, 1.54) is 18.2 Å². The van der Waals surface area contributed by atoms with Gasteiger partial charge in [0.1, 0.15) is 5.69 Å². The molecule has 0 saturated carbocycles. The number of benzene rings is 1. The Kier molecular flexibility index (Phi) is 4.50. The van der Waals surface area contributed by atoms with Crippen LogP contribution in [0.4, 0.5) is 5.69 Å². The number of aryl methyl sites for hydroxylation is 1. The van der Waals surface area contributed by atoms with Crippen molar-refractivity contribution in [3.05, 3.63) is 64.1 Å². The van der Waals surface area contributed by atoms with Crippen molar-refractivity contribution in [1.29, 1.82) is 0 Å². The van der Waals surface area contributed by atoms with Crippen LogP contribution in [0, 0.1) is 0 Å². The highest BCUT2D eigenvalue weighted by Crippen LogP contribution is 2.17. The lowest BCUT2D eigenvalue weighted by Gasteiger charge is -2.10. The van der Waals surface area contributed by atoms with Crippen molar-refractivity contribution in [3.63, 3.8) is 0 Å². The van der Waals surface area contributed by atoms with Gasteiger partial charge in [0.2, 0.25) is 5.56 Å². The number of amides is 1. The molecule has 2 aromatic rings. The fourth-order valence-electron chi connectivity index (χ4n) is 1.87. The first-order chi connectivity index (χ1) is 10.1. The van der Waals surface area contributed by atoms with E-state index in [1.807, 2.05) is 0 Å². The quantitative estimate of drug-likeness (QED) is 0.778. The first kappa shape index (κ1) is 14.5. The van der Waals surface area contributed by atoms with Crippen LogP contribution in [0.3, 0.4) is 0 Å². The van der Waals surface area contributed by atoms with Crippen LogP contribution in [-0.2, 0) is 11.2 Å². The van der Waals surface area contributed by atoms with Gasteiger partial charge in [0.15, 0.2) is 0 Å². The Morgan fingerprint density at radius 1 is 1.10 bits per heavy atom. The minimum Gasteiger partial charge on any atom is -0.481 e. The fraction of sp³-hybridized carbons (Fsp3) is 0.133. The number of aromatic nitrogens is 1. The van der Waals surface area contributed by atoms with Gasteiger partial charge in [0, 0.05) is 18.2 Å². The van der Waals surface area contributed by atoms with Crippen molar-refractivity contribution in [3.8, 4) is 0 Å². The van der Waals surface area contributed by atoms with Gasteiger partial charge in [0.05, 0.1) is 0 Å². The number of rotatable bonds is 5. The molecule has 0 spiro atoms. The Bertz CT molecular complexity index is 721. The lowest BCUT2D eigenvalue weighted by molar-refractivity contribution is -0.136. The maximum absolute atomic E-state index is 12.1. The van der Waals surface area contributed by atoms with Gasteiger partial charge in [0.25, 0.3) is 5.91 Å². The molecule has 6 nitrogen and oxygen atoms in total. The van der Waals surface area contributed by atoms with Crippen LogP contribution in [0.25, 0.3) is 0 Å². The average molecular weight is 286 g/mol. The summed E-state index contributed by atoms with van der Waals surface area (Å²) < 4.78 is 0. The number of carboxylic acid groups (broad SMARTS) is 1. The van der Waals surface area contributed by atoms with Gasteiger partial charge < -0.3 is 15.4 Å². The van der Waals surface area contributed by atoms with Crippen LogP contribution < -0.4 is 10.9 Å². The summed E-state index contributed by atoms with van der Waals surface area (Å²) in [5, 5.41) is 11.4. The number of carbonyl (C=O) groups is 2. The van der Waals surface area contributed by atoms with Gasteiger partial charge in [-0.1, -0.05) is 24.3 Å². The molecule has 3 N–H and O–H groups in total. The molecule has 1 heterocycles. The third-order valence-corrected chi connectivity index (χ3v) is 2.89. The minimum atomic E-state index is -0.900. The number of carbonyl (C=O) groups excluding carboxylic acids is 1. The third kappa shape index (κ3) is 4.04. The zero-order valence-electron chi connectivity index (χ0n) is 11.1. The van der Waals surface area contributed by atoms with Crippen molar-refractivity contribution in [2.24, 2.45) is 0 Å². The SMILES string of the molecule is O=C(O)CCc1ccccc1NC(=O)c1cccc(=O)[nH]1. The second-order valence-corrected chi connectivity index (χ2v) is 4.43. The Hall–Kier alpha value is -2.89. The summed E-state index contributed by atoms with van der Waals surface area (Å²) in [6.45, 7) is 0. The highest BCUT2D eigenvalue weighted by atomic mass is 16.4. The predicted molar refractivity (Wildman–Crippen MR) is 77.4 cm³/mol. The van der Waals surface area contributed by atoms with Crippen LogP contribution in [0.15, 0.2) is 47.3 Å². The summed E-state index contributed by atoms with van der Waals surface area (Å²) in [7, 11) is 0. The highest BCUT2D eigenvalue weighted by Gasteiger charge is 2.10. The normalized spacial score (nSPS) is 10.1. The van der Waals surface area contributed by atoms with E-state index >= 15 is 0 Å². The van der Waals surface area contributed by atoms with Gasteiger partial charge in [-0.2, -0.15) is 0 Å². The average Bonchev–Trinajstić information content (AvgIpc) is 2.46. The standard InChI is InChI=1S/C15H14N2O4/c18-13-7-3-6-12(16-13)15(21)17-11-5-2-1-4-10(11)8-9-14(19)20/h1-7H,8-9H2,(H,16,18)(H,17,21)(H,19,20). The first-order valence-corrected chi connectivity index (χ1v) is 6.36. The Balaban J connectivity index is 2.17. The van der Waals surface area contributed by atoms with E-state index < -0.39 is 11.9 Å². The molecule has 6 heteroatoms. The molecular formula is C15H14N2O4. The molecule has 0 aliphatic carbocycles. The fourth-order valence-corrected chi connectivity index (χ4v) is 1.87. The second kappa shape index (κ2) is 6.51. The van der Waals surface area contributed by atoms with Crippen LogP contribution in [0.5, 0.6) is 0 Å². The molecule has 1 aromatic heterocycles. The molecule has 0 aliphatic rings. The summed E-state index contributed by atoms with van der Waals surface area (Å²) in [5.41, 5.74) is 1.05. The molecule has 2 rings (SSSR count). The van der Waals surface area contributed by atoms with Gasteiger partial charge in [-0.15, -0.1) is 0 Å². The van der Waals surface area contributed by atoms with Gasteiger partial charge in [-0.25, -0.2) is 0 Å².